The van der Waals surface area contributed by atoms with Crippen LogP contribution in [0.5, 0.6) is 5.75 Å². The zero-order valence-electron chi connectivity index (χ0n) is 9.46. The van der Waals surface area contributed by atoms with Gasteiger partial charge in [0.25, 0.3) is 0 Å². The highest BCUT2D eigenvalue weighted by molar-refractivity contribution is 8.07. The molecule has 80 valence electrons. The molecule has 0 radical (unpaired) electrons. The molecule has 1 aliphatic heterocycles. The van der Waals surface area contributed by atoms with Crippen molar-refractivity contribution in [3.63, 3.8) is 0 Å². The fourth-order valence-corrected chi connectivity index (χ4v) is 2.72. The first-order valence-corrected chi connectivity index (χ1v) is 6.42. The number of fused-ring (bicyclic) bond motifs is 1. The summed E-state index contributed by atoms with van der Waals surface area (Å²) >= 11 is 1.82. The van der Waals surface area contributed by atoms with Crippen molar-refractivity contribution >= 4 is 16.7 Å². The maximum Gasteiger partial charge on any atom is 0.127 e. The molecule has 0 aromatic heterocycles. The molecule has 0 fully saturated rings. The Labute approximate surface area is 95.5 Å². The normalized spacial score (nSPS) is 15.7. The highest BCUT2D eigenvalue weighted by atomic mass is 32.2. The molecule has 1 aromatic carbocycles. The third-order valence-corrected chi connectivity index (χ3v) is 3.68. The Bertz CT molecular complexity index is 407. The number of ether oxygens (including phenoxy) is 1. The highest BCUT2D eigenvalue weighted by Gasteiger charge is 2.15. The lowest BCUT2D eigenvalue weighted by molar-refractivity contribution is 0.323. The summed E-state index contributed by atoms with van der Waals surface area (Å²) in [6, 6.07) is 6.45. The molecule has 1 nitrogen and oxygen atoms in total. The van der Waals surface area contributed by atoms with Gasteiger partial charge in [-0.05, 0) is 37.8 Å². The predicted molar refractivity (Wildman–Crippen MR) is 67.4 cm³/mol. The largest absolute Gasteiger partial charge is 0.493 e. The van der Waals surface area contributed by atoms with Crippen LogP contribution >= 0.6 is 11.8 Å². The minimum atomic E-state index is 0.798. The van der Waals surface area contributed by atoms with Gasteiger partial charge in [-0.2, -0.15) is 0 Å². The van der Waals surface area contributed by atoms with E-state index in [0.29, 0.717) is 0 Å². The van der Waals surface area contributed by atoms with Crippen LogP contribution in [0.4, 0.5) is 0 Å². The second kappa shape index (κ2) is 4.31. The van der Waals surface area contributed by atoms with Gasteiger partial charge in [0.1, 0.15) is 5.75 Å². The van der Waals surface area contributed by atoms with Gasteiger partial charge in [0.2, 0.25) is 0 Å². The van der Waals surface area contributed by atoms with E-state index in [1.54, 1.807) is 0 Å². The van der Waals surface area contributed by atoms with E-state index in [4.69, 9.17) is 4.74 Å². The van der Waals surface area contributed by atoms with E-state index in [-0.39, 0.29) is 0 Å². The molecule has 2 rings (SSSR count). The predicted octanol–water partition coefficient (Wildman–Crippen LogP) is 3.87. The summed E-state index contributed by atoms with van der Waals surface area (Å²) in [4.78, 5) is 1.38. The molecule has 0 atom stereocenters. The van der Waals surface area contributed by atoms with E-state index in [0.717, 1.165) is 18.8 Å². The third-order valence-electron chi connectivity index (χ3n) is 2.71. The highest BCUT2D eigenvalue weighted by Crippen LogP contribution is 2.38. The summed E-state index contributed by atoms with van der Waals surface area (Å²) in [7, 11) is 0. The summed E-state index contributed by atoms with van der Waals surface area (Å²) in [5.74, 6) is 1.04. The summed E-state index contributed by atoms with van der Waals surface area (Å²) in [6.07, 6.45) is 3.16. The summed E-state index contributed by atoms with van der Waals surface area (Å²) < 4.78 is 5.78. The van der Waals surface area contributed by atoms with E-state index in [1.807, 2.05) is 11.8 Å². The number of benzene rings is 1. The van der Waals surface area contributed by atoms with Gasteiger partial charge in [-0.3, -0.25) is 0 Å². The molecular weight excluding hydrogens is 204 g/mol. The Balaban J connectivity index is 2.56. The fourth-order valence-electron chi connectivity index (χ4n) is 1.88. The van der Waals surface area contributed by atoms with Crippen LogP contribution in [0.15, 0.2) is 23.8 Å². The number of thioether (sulfide) groups is 1. The molecule has 1 aliphatic rings. The molecule has 1 heterocycles. The topological polar surface area (TPSA) is 9.23 Å². The lowest BCUT2D eigenvalue weighted by atomic mass is 10.1. The van der Waals surface area contributed by atoms with Crippen molar-refractivity contribution in [2.45, 2.75) is 20.3 Å². The number of hydrogen-bond acceptors (Lipinski definition) is 2. The molecule has 0 saturated heterocycles. The second-order valence-electron chi connectivity index (χ2n) is 3.91. The molecule has 0 N–H and O–H groups in total. The SMILES string of the molecule is CSC1=C(C)CCOc2cc(C)ccc21. The first kappa shape index (κ1) is 10.6. The van der Waals surface area contributed by atoms with Crippen molar-refractivity contribution < 1.29 is 4.74 Å². The standard InChI is InChI=1S/C13H16OS/c1-9-4-5-11-12(8-9)14-7-6-10(2)13(11)15-3/h4-5,8H,6-7H2,1-3H3. The van der Waals surface area contributed by atoms with Crippen molar-refractivity contribution in [3.8, 4) is 5.75 Å². The molecule has 1 aromatic rings. The molecule has 0 unspecified atom stereocenters. The summed E-state index contributed by atoms with van der Waals surface area (Å²) in [5.41, 5.74) is 3.95. The Hall–Kier alpha value is -0.890. The Kier molecular flexibility index (Phi) is 3.06. The van der Waals surface area contributed by atoms with Gasteiger partial charge in [0.15, 0.2) is 0 Å². The van der Waals surface area contributed by atoms with Gasteiger partial charge in [-0.1, -0.05) is 11.6 Å². The van der Waals surface area contributed by atoms with Crippen molar-refractivity contribution in [2.75, 3.05) is 12.9 Å². The van der Waals surface area contributed by atoms with Crippen LogP contribution in [0.3, 0.4) is 0 Å². The van der Waals surface area contributed by atoms with Gasteiger partial charge < -0.3 is 4.74 Å². The van der Waals surface area contributed by atoms with Crippen LogP contribution in [-0.4, -0.2) is 12.9 Å². The fraction of sp³-hybridized carbons (Fsp3) is 0.385. The summed E-state index contributed by atoms with van der Waals surface area (Å²) in [6.45, 7) is 5.10. The van der Waals surface area contributed by atoms with Crippen molar-refractivity contribution in [1.82, 2.24) is 0 Å². The smallest absolute Gasteiger partial charge is 0.127 e. The first-order chi connectivity index (χ1) is 7.22. The van der Waals surface area contributed by atoms with Gasteiger partial charge in [-0.25, -0.2) is 0 Å². The molecule has 0 bridgehead atoms. The van der Waals surface area contributed by atoms with Crippen LogP contribution in [0.25, 0.3) is 4.91 Å². The van der Waals surface area contributed by atoms with Gasteiger partial charge in [0, 0.05) is 16.9 Å². The van der Waals surface area contributed by atoms with Gasteiger partial charge in [-0.15, -0.1) is 11.8 Å². The zero-order chi connectivity index (χ0) is 10.8. The van der Waals surface area contributed by atoms with E-state index >= 15 is 0 Å². The van der Waals surface area contributed by atoms with Crippen LogP contribution in [0.1, 0.15) is 24.5 Å². The maximum atomic E-state index is 5.78. The first-order valence-electron chi connectivity index (χ1n) is 5.20. The van der Waals surface area contributed by atoms with Gasteiger partial charge in [0.05, 0.1) is 6.61 Å². The lowest BCUT2D eigenvalue weighted by Gasteiger charge is -2.10. The average molecular weight is 220 g/mol. The second-order valence-corrected chi connectivity index (χ2v) is 4.73. The van der Waals surface area contributed by atoms with E-state index in [1.165, 1.54) is 21.6 Å². The minimum Gasteiger partial charge on any atom is -0.493 e. The lowest BCUT2D eigenvalue weighted by Crippen LogP contribution is -1.96. The Morgan fingerprint density at radius 3 is 2.80 bits per heavy atom. The third kappa shape index (κ3) is 2.05. The molecule has 2 heteroatoms. The average Bonchev–Trinajstić information content (AvgIpc) is 2.36. The van der Waals surface area contributed by atoms with Crippen LogP contribution in [-0.2, 0) is 0 Å². The van der Waals surface area contributed by atoms with Gasteiger partial charge >= 0.3 is 0 Å². The molecule has 0 amide bonds. The Morgan fingerprint density at radius 2 is 2.07 bits per heavy atom. The number of rotatable bonds is 1. The van der Waals surface area contributed by atoms with Crippen molar-refractivity contribution in [2.24, 2.45) is 0 Å². The molecule has 15 heavy (non-hydrogen) atoms. The zero-order valence-corrected chi connectivity index (χ0v) is 10.3. The quantitative estimate of drug-likeness (QED) is 0.710. The monoisotopic (exact) mass is 220 g/mol. The molecule has 0 spiro atoms. The van der Waals surface area contributed by atoms with Crippen molar-refractivity contribution in [3.05, 3.63) is 34.9 Å². The number of hydrogen-bond donors (Lipinski definition) is 0. The van der Waals surface area contributed by atoms with Crippen LogP contribution in [0, 0.1) is 6.92 Å². The summed E-state index contributed by atoms with van der Waals surface area (Å²) in [5, 5.41) is 0. The van der Waals surface area contributed by atoms with Crippen LogP contribution < -0.4 is 4.74 Å². The van der Waals surface area contributed by atoms with Crippen LogP contribution in [0.2, 0.25) is 0 Å². The Morgan fingerprint density at radius 1 is 1.27 bits per heavy atom. The maximum absolute atomic E-state index is 5.78. The minimum absolute atomic E-state index is 0.798. The molecule has 0 saturated carbocycles. The van der Waals surface area contributed by atoms with E-state index in [9.17, 15) is 0 Å². The van der Waals surface area contributed by atoms with E-state index < -0.39 is 0 Å². The molecule has 0 aliphatic carbocycles. The molecular formula is C13H16OS. The van der Waals surface area contributed by atoms with E-state index in [2.05, 4.69) is 38.3 Å². The number of aryl methyl sites for hydroxylation is 1. The van der Waals surface area contributed by atoms with Crippen molar-refractivity contribution in [1.29, 1.82) is 0 Å².